The van der Waals surface area contributed by atoms with Gasteiger partial charge in [0.05, 0.1) is 26.4 Å². The van der Waals surface area contributed by atoms with Crippen molar-refractivity contribution in [2.24, 2.45) is 0 Å². The second-order valence-corrected chi connectivity index (χ2v) is 3.82. The average Bonchev–Trinajstić information content (AvgIpc) is 2.37. The van der Waals surface area contributed by atoms with Crippen molar-refractivity contribution >= 4 is 6.16 Å². The fraction of sp³-hybridized carbons (Fsp3) is 0.923. The van der Waals surface area contributed by atoms with Gasteiger partial charge in [-0.2, -0.15) is 0 Å². The SMILES string of the molecule is CCCCCCOC(=O)OCCOCCOCC. The van der Waals surface area contributed by atoms with Gasteiger partial charge < -0.3 is 18.9 Å². The second-order valence-electron chi connectivity index (χ2n) is 3.82. The first-order chi connectivity index (χ1) is 8.81. The third kappa shape index (κ3) is 13.3. The first-order valence-electron chi connectivity index (χ1n) is 6.76. The first-order valence-corrected chi connectivity index (χ1v) is 6.76. The van der Waals surface area contributed by atoms with Crippen LogP contribution in [0.15, 0.2) is 0 Å². The summed E-state index contributed by atoms with van der Waals surface area (Å²) in [6.45, 7) is 6.87. The van der Waals surface area contributed by atoms with E-state index in [0.717, 1.165) is 12.8 Å². The van der Waals surface area contributed by atoms with Crippen molar-refractivity contribution in [2.75, 3.05) is 39.6 Å². The molecule has 0 fully saturated rings. The highest BCUT2D eigenvalue weighted by atomic mass is 16.7. The van der Waals surface area contributed by atoms with Crippen molar-refractivity contribution in [1.29, 1.82) is 0 Å². The lowest BCUT2D eigenvalue weighted by Crippen LogP contribution is -2.14. The molecule has 0 bridgehead atoms. The molecule has 0 aliphatic heterocycles. The Morgan fingerprint density at radius 3 is 2.17 bits per heavy atom. The van der Waals surface area contributed by atoms with Gasteiger partial charge in [0.25, 0.3) is 0 Å². The summed E-state index contributed by atoms with van der Waals surface area (Å²) in [6, 6.07) is 0. The molecule has 0 amide bonds. The van der Waals surface area contributed by atoms with Crippen LogP contribution in [0.3, 0.4) is 0 Å². The Morgan fingerprint density at radius 2 is 1.44 bits per heavy atom. The molecule has 18 heavy (non-hydrogen) atoms. The van der Waals surface area contributed by atoms with Gasteiger partial charge in [-0.15, -0.1) is 0 Å². The predicted molar refractivity (Wildman–Crippen MR) is 68.8 cm³/mol. The van der Waals surface area contributed by atoms with E-state index < -0.39 is 6.16 Å². The Bertz CT molecular complexity index is 184. The molecule has 0 radical (unpaired) electrons. The van der Waals surface area contributed by atoms with Gasteiger partial charge in [0.2, 0.25) is 0 Å². The maximum Gasteiger partial charge on any atom is 0.508 e. The van der Waals surface area contributed by atoms with E-state index in [2.05, 4.69) is 6.92 Å². The fourth-order valence-electron chi connectivity index (χ4n) is 1.27. The Labute approximate surface area is 110 Å². The molecule has 5 nitrogen and oxygen atoms in total. The maximum atomic E-state index is 11.1. The van der Waals surface area contributed by atoms with Crippen LogP contribution in [0.5, 0.6) is 0 Å². The molecule has 0 saturated heterocycles. The summed E-state index contributed by atoms with van der Waals surface area (Å²) in [5.41, 5.74) is 0. The number of hydrogen-bond acceptors (Lipinski definition) is 5. The summed E-state index contributed by atoms with van der Waals surface area (Å²) < 4.78 is 20.0. The number of rotatable bonds is 12. The Morgan fingerprint density at radius 1 is 0.778 bits per heavy atom. The molecule has 108 valence electrons. The first kappa shape index (κ1) is 17.2. The lowest BCUT2D eigenvalue weighted by Gasteiger charge is -2.07. The van der Waals surface area contributed by atoms with E-state index >= 15 is 0 Å². The summed E-state index contributed by atoms with van der Waals surface area (Å²) in [6.07, 6.45) is 3.72. The van der Waals surface area contributed by atoms with E-state index in [-0.39, 0.29) is 6.61 Å². The quantitative estimate of drug-likeness (QED) is 0.400. The van der Waals surface area contributed by atoms with Crippen LogP contribution in [0, 0.1) is 0 Å². The van der Waals surface area contributed by atoms with E-state index in [9.17, 15) is 4.79 Å². The van der Waals surface area contributed by atoms with Crippen LogP contribution in [-0.2, 0) is 18.9 Å². The van der Waals surface area contributed by atoms with Gasteiger partial charge in [0, 0.05) is 6.61 Å². The number of ether oxygens (including phenoxy) is 4. The van der Waals surface area contributed by atoms with Crippen molar-refractivity contribution in [3.05, 3.63) is 0 Å². The largest absolute Gasteiger partial charge is 0.508 e. The van der Waals surface area contributed by atoms with Gasteiger partial charge in [-0.05, 0) is 13.3 Å². The molecule has 5 heteroatoms. The molecule has 0 aliphatic carbocycles. The van der Waals surface area contributed by atoms with E-state index in [1.165, 1.54) is 12.8 Å². The van der Waals surface area contributed by atoms with Crippen molar-refractivity contribution in [3.8, 4) is 0 Å². The van der Waals surface area contributed by atoms with Gasteiger partial charge in [0.1, 0.15) is 6.61 Å². The Hall–Kier alpha value is -0.810. The van der Waals surface area contributed by atoms with E-state index in [0.29, 0.717) is 33.0 Å². The van der Waals surface area contributed by atoms with Gasteiger partial charge in [0.15, 0.2) is 0 Å². The Kier molecular flexibility index (Phi) is 13.6. The third-order valence-corrected chi connectivity index (χ3v) is 2.24. The number of carbonyl (C=O) groups excluding carboxylic acids is 1. The van der Waals surface area contributed by atoms with Crippen molar-refractivity contribution in [3.63, 3.8) is 0 Å². The molecule has 0 atom stereocenters. The van der Waals surface area contributed by atoms with E-state index in [1.54, 1.807) is 0 Å². The van der Waals surface area contributed by atoms with Crippen LogP contribution in [0.25, 0.3) is 0 Å². The van der Waals surface area contributed by atoms with Gasteiger partial charge in [-0.1, -0.05) is 26.2 Å². The molecule has 0 saturated carbocycles. The maximum absolute atomic E-state index is 11.1. The van der Waals surface area contributed by atoms with Gasteiger partial charge >= 0.3 is 6.16 Å². The van der Waals surface area contributed by atoms with Crippen LogP contribution in [0.2, 0.25) is 0 Å². The molecule has 0 aliphatic rings. The van der Waals surface area contributed by atoms with Crippen LogP contribution >= 0.6 is 0 Å². The van der Waals surface area contributed by atoms with Crippen LogP contribution < -0.4 is 0 Å². The summed E-state index contributed by atoms with van der Waals surface area (Å²) in [5.74, 6) is 0. The summed E-state index contributed by atoms with van der Waals surface area (Å²) >= 11 is 0. The number of hydrogen-bond donors (Lipinski definition) is 0. The summed E-state index contributed by atoms with van der Waals surface area (Å²) in [7, 11) is 0. The Balaban J connectivity index is 3.12. The topological polar surface area (TPSA) is 54.0 Å². The normalized spacial score (nSPS) is 10.3. The highest BCUT2D eigenvalue weighted by Crippen LogP contribution is 1.99. The molecular formula is C13H26O5. The third-order valence-electron chi connectivity index (χ3n) is 2.24. The van der Waals surface area contributed by atoms with E-state index in [4.69, 9.17) is 18.9 Å². The number of carbonyl (C=O) groups is 1. The van der Waals surface area contributed by atoms with Crippen molar-refractivity contribution in [1.82, 2.24) is 0 Å². The molecule has 0 spiro atoms. The zero-order chi connectivity index (χ0) is 13.5. The predicted octanol–water partition coefficient (Wildman–Crippen LogP) is 2.77. The zero-order valence-corrected chi connectivity index (χ0v) is 11.6. The molecule has 0 aromatic heterocycles. The van der Waals surface area contributed by atoms with Crippen LogP contribution in [-0.4, -0.2) is 45.8 Å². The highest BCUT2D eigenvalue weighted by Gasteiger charge is 2.02. The van der Waals surface area contributed by atoms with E-state index in [1.807, 2.05) is 6.92 Å². The van der Waals surface area contributed by atoms with Crippen LogP contribution in [0.1, 0.15) is 39.5 Å². The zero-order valence-electron chi connectivity index (χ0n) is 11.6. The summed E-state index contributed by atoms with van der Waals surface area (Å²) in [5, 5.41) is 0. The fourth-order valence-corrected chi connectivity index (χ4v) is 1.27. The molecule has 0 aromatic rings. The standard InChI is InChI=1S/C13H26O5/c1-3-5-6-7-8-17-13(14)18-12-11-16-10-9-15-4-2/h3-12H2,1-2H3. The molecule has 0 unspecified atom stereocenters. The van der Waals surface area contributed by atoms with Crippen molar-refractivity contribution < 1.29 is 23.7 Å². The van der Waals surface area contributed by atoms with Crippen molar-refractivity contribution in [2.45, 2.75) is 39.5 Å². The smallest absolute Gasteiger partial charge is 0.434 e. The second kappa shape index (κ2) is 14.3. The molecule has 0 heterocycles. The molecule has 0 aromatic carbocycles. The minimum absolute atomic E-state index is 0.222. The minimum atomic E-state index is -0.611. The molecule has 0 rings (SSSR count). The monoisotopic (exact) mass is 262 g/mol. The highest BCUT2D eigenvalue weighted by molar-refractivity contribution is 5.59. The lowest BCUT2D eigenvalue weighted by molar-refractivity contribution is 0.0103. The van der Waals surface area contributed by atoms with Gasteiger partial charge in [-0.25, -0.2) is 4.79 Å². The number of unbranched alkanes of at least 4 members (excludes halogenated alkanes) is 3. The summed E-state index contributed by atoms with van der Waals surface area (Å²) in [4.78, 5) is 11.1. The molecular weight excluding hydrogens is 236 g/mol. The lowest BCUT2D eigenvalue weighted by atomic mass is 10.2. The minimum Gasteiger partial charge on any atom is -0.434 e. The average molecular weight is 262 g/mol. The molecule has 0 N–H and O–H groups in total. The van der Waals surface area contributed by atoms with Crippen LogP contribution in [0.4, 0.5) is 4.79 Å². The van der Waals surface area contributed by atoms with Gasteiger partial charge in [-0.3, -0.25) is 0 Å².